The van der Waals surface area contributed by atoms with E-state index in [1.165, 1.54) is 0 Å². The Balaban J connectivity index is 1.54. The molecule has 0 spiro atoms. The van der Waals surface area contributed by atoms with Gasteiger partial charge in [0.2, 0.25) is 5.78 Å². The summed E-state index contributed by atoms with van der Waals surface area (Å²) in [6.45, 7) is 3.90. The van der Waals surface area contributed by atoms with E-state index in [1.807, 2.05) is 19.9 Å². The van der Waals surface area contributed by atoms with Gasteiger partial charge in [0.15, 0.2) is 5.82 Å². The lowest BCUT2D eigenvalue weighted by Gasteiger charge is -2.06. The van der Waals surface area contributed by atoms with Crippen LogP contribution in [-0.4, -0.2) is 35.0 Å². The first-order valence-electron chi connectivity index (χ1n) is 7.71. The lowest BCUT2D eigenvalue weighted by molar-refractivity contribution is 0.102. The van der Waals surface area contributed by atoms with Gasteiger partial charge in [0, 0.05) is 24.3 Å². The molecule has 0 unspecified atom stereocenters. The first-order valence-corrected chi connectivity index (χ1v) is 7.71. The Bertz CT molecular complexity index is 1030. The smallest absolute Gasteiger partial charge is 0.275 e. The Hall–Kier alpha value is -3.55. The van der Waals surface area contributed by atoms with Crippen molar-refractivity contribution in [2.45, 2.75) is 13.8 Å². The van der Waals surface area contributed by atoms with Gasteiger partial charge in [0.25, 0.3) is 5.91 Å². The van der Waals surface area contributed by atoms with Crippen LogP contribution < -0.4 is 5.32 Å². The summed E-state index contributed by atoms with van der Waals surface area (Å²) in [5.41, 5.74) is 2.80. The average molecular weight is 333 g/mol. The van der Waals surface area contributed by atoms with Gasteiger partial charge in [-0.1, -0.05) is 0 Å². The third kappa shape index (κ3) is 2.85. The molecule has 124 valence electrons. The minimum atomic E-state index is -0.314. The van der Waals surface area contributed by atoms with E-state index in [1.54, 1.807) is 52.1 Å². The van der Waals surface area contributed by atoms with Crippen LogP contribution in [0.4, 0.5) is 5.69 Å². The summed E-state index contributed by atoms with van der Waals surface area (Å²) < 4.78 is 3.45. The number of hydrogen-bond acceptors (Lipinski definition) is 5. The van der Waals surface area contributed by atoms with Crippen LogP contribution >= 0.6 is 0 Å². The molecule has 0 aliphatic carbocycles. The zero-order chi connectivity index (χ0) is 17.4. The van der Waals surface area contributed by atoms with Gasteiger partial charge in [-0.2, -0.15) is 5.10 Å². The van der Waals surface area contributed by atoms with Crippen LogP contribution in [0.25, 0.3) is 11.6 Å². The van der Waals surface area contributed by atoms with Crippen LogP contribution in [-0.2, 0) is 0 Å². The molecular weight excluding hydrogens is 318 g/mol. The lowest BCUT2D eigenvalue weighted by atomic mass is 10.3. The van der Waals surface area contributed by atoms with Gasteiger partial charge in [-0.25, -0.2) is 19.6 Å². The number of amides is 1. The second-order valence-corrected chi connectivity index (χ2v) is 5.65. The van der Waals surface area contributed by atoms with Gasteiger partial charge in [-0.05, 0) is 38.1 Å². The number of carbonyl (C=O) groups excluding carboxylic acids is 1. The van der Waals surface area contributed by atoms with Crippen molar-refractivity contribution in [3.8, 4) is 5.82 Å². The summed E-state index contributed by atoms with van der Waals surface area (Å²) in [5.74, 6) is 0.859. The van der Waals surface area contributed by atoms with Gasteiger partial charge >= 0.3 is 0 Å². The van der Waals surface area contributed by atoms with Crippen molar-refractivity contribution in [3.63, 3.8) is 0 Å². The van der Waals surface area contributed by atoms with Crippen molar-refractivity contribution in [2.24, 2.45) is 0 Å². The van der Waals surface area contributed by atoms with E-state index in [0.29, 0.717) is 23.0 Å². The second-order valence-electron chi connectivity index (χ2n) is 5.65. The quantitative estimate of drug-likeness (QED) is 0.620. The maximum atomic E-state index is 12.3. The minimum Gasteiger partial charge on any atom is -0.319 e. The molecule has 4 aromatic rings. The standard InChI is InChI=1S/C17H15N7O/c1-11-8-12(2)24(22-11)15-5-4-13(9-19-15)20-16(25)14-10-23-7-3-6-18-17(23)21-14/h3-10H,1-2H3,(H,20,25). The van der Waals surface area contributed by atoms with Gasteiger partial charge in [-0.15, -0.1) is 0 Å². The Labute approximate surface area is 143 Å². The monoisotopic (exact) mass is 333 g/mol. The molecule has 4 rings (SSSR count). The van der Waals surface area contributed by atoms with Crippen LogP contribution in [0.3, 0.4) is 0 Å². The molecule has 0 bridgehead atoms. The van der Waals surface area contributed by atoms with Crippen molar-refractivity contribution in [1.29, 1.82) is 0 Å². The number of anilines is 1. The van der Waals surface area contributed by atoms with Gasteiger partial charge in [0.05, 0.1) is 17.6 Å². The SMILES string of the molecule is Cc1cc(C)n(-c2ccc(NC(=O)c3cn4cccnc4n3)cn2)n1. The van der Waals surface area contributed by atoms with Crippen LogP contribution in [0.5, 0.6) is 0 Å². The molecule has 0 saturated heterocycles. The predicted octanol–water partition coefficient (Wildman–Crippen LogP) is 2.18. The molecule has 0 aliphatic heterocycles. The first kappa shape index (κ1) is 15.0. The normalized spacial score (nSPS) is 11.0. The fourth-order valence-electron chi connectivity index (χ4n) is 2.58. The summed E-state index contributed by atoms with van der Waals surface area (Å²) in [6, 6.07) is 7.35. The Kier molecular flexibility index (Phi) is 3.50. The summed E-state index contributed by atoms with van der Waals surface area (Å²) in [5, 5.41) is 7.17. The molecular formula is C17H15N7O. The molecule has 25 heavy (non-hydrogen) atoms. The van der Waals surface area contributed by atoms with E-state index >= 15 is 0 Å². The van der Waals surface area contributed by atoms with Crippen molar-refractivity contribution >= 4 is 17.4 Å². The van der Waals surface area contributed by atoms with Crippen LogP contribution in [0.2, 0.25) is 0 Å². The molecule has 0 saturated carbocycles. The maximum absolute atomic E-state index is 12.3. The highest BCUT2D eigenvalue weighted by atomic mass is 16.1. The fourth-order valence-corrected chi connectivity index (χ4v) is 2.58. The van der Waals surface area contributed by atoms with E-state index in [-0.39, 0.29) is 5.91 Å². The molecule has 0 atom stereocenters. The number of aryl methyl sites for hydroxylation is 2. The van der Waals surface area contributed by atoms with E-state index in [4.69, 9.17) is 0 Å². The van der Waals surface area contributed by atoms with Gasteiger partial charge in [0.1, 0.15) is 5.69 Å². The molecule has 4 aromatic heterocycles. The third-order valence-electron chi connectivity index (χ3n) is 3.70. The number of rotatable bonds is 3. The number of fused-ring (bicyclic) bond motifs is 1. The first-order chi connectivity index (χ1) is 12.1. The van der Waals surface area contributed by atoms with E-state index < -0.39 is 0 Å². The molecule has 0 aliphatic rings. The second kappa shape index (κ2) is 5.82. The summed E-state index contributed by atoms with van der Waals surface area (Å²) >= 11 is 0. The maximum Gasteiger partial charge on any atom is 0.275 e. The third-order valence-corrected chi connectivity index (χ3v) is 3.70. The van der Waals surface area contributed by atoms with Crippen LogP contribution in [0.1, 0.15) is 21.9 Å². The molecule has 1 amide bonds. The predicted molar refractivity (Wildman–Crippen MR) is 91.8 cm³/mol. The number of nitrogens with one attached hydrogen (secondary N) is 1. The zero-order valence-corrected chi connectivity index (χ0v) is 13.7. The Morgan fingerprint density at radius 1 is 1.20 bits per heavy atom. The summed E-state index contributed by atoms with van der Waals surface area (Å²) in [4.78, 5) is 25.0. The van der Waals surface area contributed by atoms with Crippen LogP contribution in [0, 0.1) is 13.8 Å². The number of pyridine rings is 1. The molecule has 0 radical (unpaired) electrons. The number of nitrogens with zero attached hydrogens (tertiary/aromatic N) is 6. The van der Waals surface area contributed by atoms with Gasteiger partial charge < -0.3 is 5.32 Å². The molecule has 4 heterocycles. The van der Waals surface area contributed by atoms with E-state index in [2.05, 4.69) is 25.4 Å². The lowest BCUT2D eigenvalue weighted by Crippen LogP contribution is -2.13. The summed E-state index contributed by atoms with van der Waals surface area (Å²) in [7, 11) is 0. The number of imidazole rings is 1. The highest BCUT2D eigenvalue weighted by Gasteiger charge is 2.12. The van der Waals surface area contributed by atoms with Crippen molar-refractivity contribution < 1.29 is 4.79 Å². The molecule has 1 N–H and O–H groups in total. The fraction of sp³-hybridized carbons (Fsp3) is 0.118. The number of aromatic nitrogens is 6. The largest absolute Gasteiger partial charge is 0.319 e. The molecule has 0 aromatic carbocycles. The molecule has 0 fully saturated rings. The number of hydrogen-bond donors (Lipinski definition) is 1. The minimum absolute atomic E-state index is 0.293. The highest BCUT2D eigenvalue weighted by Crippen LogP contribution is 2.13. The highest BCUT2D eigenvalue weighted by molar-refractivity contribution is 6.03. The van der Waals surface area contributed by atoms with Gasteiger partial charge in [-0.3, -0.25) is 9.20 Å². The van der Waals surface area contributed by atoms with E-state index in [9.17, 15) is 4.79 Å². The summed E-state index contributed by atoms with van der Waals surface area (Å²) in [6.07, 6.45) is 6.65. The Morgan fingerprint density at radius 2 is 2.08 bits per heavy atom. The zero-order valence-electron chi connectivity index (χ0n) is 13.7. The Morgan fingerprint density at radius 3 is 2.76 bits per heavy atom. The van der Waals surface area contributed by atoms with Crippen molar-refractivity contribution in [3.05, 3.63) is 66.1 Å². The van der Waals surface area contributed by atoms with Crippen molar-refractivity contribution in [1.82, 2.24) is 29.1 Å². The van der Waals surface area contributed by atoms with E-state index in [0.717, 1.165) is 11.4 Å². The average Bonchev–Trinajstić information content (AvgIpc) is 3.18. The number of carbonyl (C=O) groups is 1. The van der Waals surface area contributed by atoms with Crippen LogP contribution in [0.15, 0.2) is 49.1 Å². The molecule has 8 nitrogen and oxygen atoms in total. The topological polar surface area (TPSA) is 90.0 Å². The molecule has 8 heteroatoms. The van der Waals surface area contributed by atoms with Crippen molar-refractivity contribution in [2.75, 3.05) is 5.32 Å².